The molecule has 2 N–H and O–H groups in total. The standard InChI is InChI=1S/C9H12N4O/c1-13-6-7(5-11-13)9-4-8(2-3-10)14-12-9/h4-6H,2-3,10H2,1H3. The first-order valence-electron chi connectivity index (χ1n) is 4.44. The van der Waals surface area contributed by atoms with Gasteiger partial charge in [0.05, 0.1) is 6.20 Å². The van der Waals surface area contributed by atoms with Crippen molar-refractivity contribution in [3.8, 4) is 11.3 Å². The zero-order valence-corrected chi connectivity index (χ0v) is 7.97. The first kappa shape index (κ1) is 8.96. The number of hydrogen-bond donors (Lipinski definition) is 1. The Morgan fingerprint density at radius 1 is 1.57 bits per heavy atom. The lowest BCUT2D eigenvalue weighted by molar-refractivity contribution is 0.386. The maximum absolute atomic E-state index is 5.41. The van der Waals surface area contributed by atoms with Gasteiger partial charge in [-0.25, -0.2) is 0 Å². The van der Waals surface area contributed by atoms with Crippen LogP contribution < -0.4 is 5.73 Å². The van der Waals surface area contributed by atoms with Gasteiger partial charge in [0, 0.05) is 31.3 Å². The lowest BCUT2D eigenvalue weighted by Crippen LogP contribution is -2.01. The maximum atomic E-state index is 5.41. The number of nitrogens with two attached hydrogens (primary N) is 1. The molecule has 0 saturated carbocycles. The summed E-state index contributed by atoms with van der Waals surface area (Å²) in [5.74, 6) is 0.811. The summed E-state index contributed by atoms with van der Waals surface area (Å²) in [4.78, 5) is 0. The van der Waals surface area contributed by atoms with Crippen molar-refractivity contribution in [2.24, 2.45) is 12.8 Å². The molecule has 0 saturated heterocycles. The van der Waals surface area contributed by atoms with Crippen LogP contribution in [0.1, 0.15) is 5.76 Å². The van der Waals surface area contributed by atoms with E-state index in [4.69, 9.17) is 10.3 Å². The van der Waals surface area contributed by atoms with Gasteiger partial charge >= 0.3 is 0 Å². The van der Waals surface area contributed by atoms with Gasteiger partial charge < -0.3 is 10.3 Å². The summed E-state index contributed by atoms with van der Waals surface area (Å²) in [6.45, 7) is 0.571. The minimum absolute atomic E-state index is 0.571. The summed E-state index contributed by atoms with van der Waals surface area (Å²) in [5, 5.41) is 7.99. The molecule has 0 fully saturated rings. The van der Waals surface area contributed by atoms with Crippen LogP contribution in [0.15, 0.2) is 23.0 Å². The molecule has 5 heteroatoms. The molecule has 5 nitrogen and oxygen atoms in total. The highest BCUT2D eigenvalue weighted by Gasteiger charge is 2.06. The van der Waals surface area contributed by atoms with E-state index < -0.39 is 0 Å². The number of hydrogen-bond acceptors (Lipinski definition) is 4. The summed E-state index contributed by atoms with van der Waals surface area (Å²) in [7, 11) is 1.87. The molecular weight excluding hydrogens is 180 g/mol. The van der Waals surface area contributed by atoms with Gasteiger partial charge in [0.1, 0.15) is 11.5 Å². The van der Waals surface area contributed by atoms with Crippen LogP contribution >= 0.6 is 0 Å². The van der Waals surface area contributed by atoms with Crippen LogP contribution in [0.4, 0.5) is 0 Å². The zero-order chi connectivity index (χ0) is 9.97. The third kappa shape index (κ3) is 1.67. The van der Waals surface area contributed by atoms with Gasteiger partial charge in [-0.1, -0.05) is 5.16 Å². The smallest absolute Gasteiger partial charge is 0.138 e. The van der Waals surface area contributed by atoms with E-state index >= 15 is 0 Å². The van der Waals surface area contributed by atoms with Crippen LogP contribution in [0.5, 0.6) is 0 Å². The molecule has 0 aromatic carbocycles. The van der Waals surface area contributed by atoms with Crippen molar-refractivity contribution in [1.82, 2.24) is 14.9 Å². The highest BCUT2D eigenvalue weighted by atomic mass is 16.5. The minimum Gasteiger partial charge on any atom is -0.361 e. The molecule has 0 aliphatic carbocycles. The summed E-state index contributed by atoms with van der Waals surface area (Å²) >= 11 is 0. The fourth-order valence-electron chi connectivity index (χ4n) is 1.26. The van der Waals surface area contributed by atoms with Gasteiger partial charge in [-0.3, -0.25) is 4.68 Å². The summed E-state index contributed by atoms with van der Waals surface area (Å²) in [6.07, 6.45) is 4.36. The number of aromatic nitrogens is 3. The number of aryl methyl sites for hydroxylation is 1. The molecule has 0 bridgehead atoms. The number of rotatable bonds is 3. The normalized spacial score (nSPS) is 10.7. The van der Waals surface area contributed by atoms with Crippen LogP contribution in [-0.2, 0) is 13.5 Å². The monoisotopic (exact) mass is 192 g/mol. The van der Waals surface area contributed by atoms with Crippen molar-refractivity contribution in [3.63, 3.8) is 0 Å². The minimum atomic E-state index is 0.571. The molecule has 2 heterocycles. The first-order valence-corrected chi connectivity index (χ1v) is 4.44. The molecule has 2 aromatic heterocycles. The Bertz CT molecular complexity index is 418. The summed E-state index contributed by atoms with van der Waals surface area (Å²) < 4.78 is 6.83. The molecule has 0 aliphatic heterocycles. The van der Waals surface area contributed by atoms with E-state index in [0.29, 0.717) is 13.0 Å². The van der Waals surface area contributed by atoms with Crippen molar-refractivity contribution < 1.29 is 4.52 Å². The van der Waals surface area contributed by atoms with E-state index in [0.717, 1.165) is 17.0 Å². The van der Waals surface area contributed by atoms with Crippen molar-refractivity contribution in [1.29, 1.82) is 0 Å². The van der Waals surface area contributed by atoms with E-state index in [1.54, 1.807) is 10.9 Å². The van der Waals surface area contributed by atoms with Crippen LogP contribution in [0, 0.1) is 0 Å². The molecule has 0 amide bonds. The third-order valence-electron chi connectivity index (χ3n) is 1.95. The van der Waals surface area contributed by atoms with Gasteiger partial charge in [0.2, 0.25) is 0 Å². The van der Waals surface area contributed by atoms with Gasteiger partial charge in [0.15, 0.2) is 0 Å². The van der Waals surface area contributed by atoms with E-state index in [2.05, 4.69) is 10.3 Å². The Hall–Kier alpha value is -1.62. The molecule has 14 heavy (non-hydrogen) atoms. The van der Waals surface area contributed by atoms with Gasteiger partial charge in [-0.15, -0.1) is 0 Å². The lowest BCUT2D eigenvalue weighted by Gasteiger charge is -1.85. The van der Waals surface area contributed by atoms with Crippen LogP contribution in [-0.4, -0.2) is 21.5 Å². The fourth-order valence-corrected chi connectivity index (χ4v) is 1.26. The first-order chi connectivity index (χ1) is 6.79. The maximum Gasteiger partial charge on any atom is 0.138 e. The average Bonchev–Trinajstić information content (AvgIpc) is 2.74. The van der Waals surface area contributed by atoms with Crippen LogP contribution in [0.25, 0.3) is 11.3 Å². The Morgan fingerprint density at radius 3 is 3.07 bits per heavy atom. The molecule has 0 unspecified atom stereocenters. The Balaban J connectivity index is 2.24. The van der Waals surface area contributed by atoms with Gasteiger partial charge in [0.25, 0.3) is 0 Å². The van der Waals surface area contributed by atoms with Crippen molar-refractivity contribution in [2.45, 2.75) is 6.42 Å². The SMILES string of the molecule is Cn1cc(-c2cc(CCN)on2)cn1. The number of nitrogens with zero attached hydrogens (tertiary/aromatic N) is 3. The molecule has 2 aromatic rings. The predicted octanol–water partition coefficient (Wildman–Crippen LogP) is 0.576. The Morgan fingerprint density at radius 2 is 2.43 bits per heavy atom. The Labute approximate surface area is 81.5 Å². The van der Waals surface area contributed by atoms with E-state index in [1.807, 2.05) is 19.3 Å². The zero-order valence-electron chi connectivity index (χ0n) is 7.97. The molecule has 0 spiro atoms. The largest absolute Gasteiger partial charge is 0.361 e. The highest BCUT2D eigenvalue weighted by molar-refractivity contribution is 5.56. The summed E-state index contributed by atoms with van der Waals surface area (Å²) in [5.41, 5.74) is 7.17. The van der Waals surface area contributed by atoms with E-state index in [-0.39, 0.29) is 0 Å². The molecular formula is C9H12N4O. The van der Waals surface area contributed by atoms with Crippen molar-refractivity contribution in [2.75, 3.05) is 6.54 Å². The van der Waals surface area contributed by atoms with Gasteiger partial charge in [-0.05, 0) is 6.54 Å². The molecule has 0 radical (unpaired) electrons. The van der Waals surface area contributed by atoms with E-state index in [9.17, 15) is 0 Å². The topological polar surface area (TPSA) is 69.9 Å². The lowest BCUT2D eigenvalue weighted by atomic mass is 10.2. The average molecular weight is 192 g/mol. The fraction of sp³-hybridized carbons (Fsp3) is 0.333. The highest BCUT2D eigenvalue weighted by Crippen LogP contribution is 2.17. The van der Waals surface area contributed by atoms with E-state index in [1.165, 1.54) is 0 Å². The predicted molar refractivity (Wildman–Crippen MR) is 51.5 cm³/mol. The summed E-state index contributed by atoms with van der Waals surface area (Å²) in [6, 6.07) is 1.89. The quantitative estimate of drug-likeness (QED) is 0.772. The second-order valence-electron chi connectivity index (χ2n) is 3.12. The molecule has 0 atom stereocenters. The Kier molecular flexibility index (Phi) is 2.32. The molecule has 0 aliphatic rings. The second kappa shape index (κ2) is 3.63. The molecule has 74 valence electrons. The van der Waals surface area contributed by atoms with Crippen molar-refractivity contribution in [3.05, 3.63) is 24.2 Å². The van der Waals surface area contributed by atoms with Crippen LogP contribution in [0.2, 0.25) is 0 Å². The molecule has 2 rings (SSSR count). The third-order valence-corrected chi connectivity index (χ3v) is 1.95. The second-order valence-corrected chi connectivity index (χ2v) is 3.12. The van der Waals surface area contributed by atoms with Crippen molar-refractivity contribution >= 4 is 0 Å². The van der Waals surface area contributed by atoms with Crippen LogP contribution in [0.3, 0.4) is 0 Å². The van der Waals surface area contributed by atoms with Gasteiger partial charge in [-0.2, -0.15) is 5.10 Å².